The summed E-state index contributed by atoms with van der Waals surface area (Å²) in [5.74, 6) is -1.37. The second-order valence-corrected chi connectivity index (χ2v) is 4.97. The molecule has 9 heteroatoms. The van der Waals surface area contributed by atoms with Crippen molar-refractivity contribution in [1.29, 1.82) is 0 Å². The Morgan fingerprint density at radius 2 is 1.95 bits per heavy atom. The van der Waals surface area contributed by atoms with Crippen LogP contribution in [0.2, 0.25) is 0 Å². The van der Waals surface area contributed by atoms with Gasteiger partial charge in [-0.1, -0.05) is 22.0 Å². The van der Waals surface area contributed by atoms with Gasteiger partial charge in [-0.2, -0.15) is 13.2 Å². The minimum absolute atomic E-state index is 0.299. The molecule has 1 rings (SSSR count). The molecule has 0 radical (unpaired) electrons. The third-order valence-electron chi connectivity index (χ3n) is 2.37. The van der Waals surface area contributed by atoms with E-state index in [4.69, 9.17) is 5.11 Å². The zero-order valence-corrected chi connectivity index (χ0v) is 12.2. The Morgan fingerprint density at radius 3 is 2.52 bits per heavy atom. The largest absolute Gasteiger partial charge is 0.416 e. The summed E-state index contributed by atoms with van der Waals surface area (Å²) in [7, 11) is 0. The van der Waals surface area contributed by atoms with Crippen molar-refractivity contribution in [1.82, 2.24) is 10.6 Å². The van der Waals surface area contributed by atoms with Gasteiger partial charge in [0.15, 0.2) is 6.10 Å². The smallest absolute Gasteiger partial charge is 0.382 e. The first kappa shape index (κ1) is 17.4. The second kappa shape index (κ2) is 7.41. The van der Waals surface area contributed by atoms with Crippen LogP contribution in [0.5, 0.6) is 0 Å². The van der Waals surface area contributed by atoms with Crippen LogP contribution in [0, 0.1) is 0 Å². The van der Waals surface area contributed by atoms with Crippen LogP contribution in [-0.2, 0) is 4.79 Å². The molecule has 0 aliphatic carbocycles. The van der Waals surface area contributed by atoms with E-state index in [9.17, 15) is 22.8 Å². The highest BCUT2D eigenvalue weighted by atomic mass is 79.9. The van der Waals surface area contributed by atoms with E-state index in [1.807, 2.05) is 5.32 Å². The Hall–Kier alpha value is -1.61. The predicted octanol–water partition coefficient (Wildman–Crippen LogP) is 1.22. The number of carbonyl (C=O) groups excluding carboxylic acids is 2. The lowest BCUT2D eigenvalue weighted by Crippen LogP contribution is -2.44. The van der Waals surface area contributed by atoms with Gasteiger partial charge in [-0.05, 0) is 18.2 Å². The average molecular weight is 369 g/mol. The van der Waals surface area contributed by atoms with Crippen LogP contribution in [0.3, 0.4) is 0 Å². The van der Waals surface area contributed by atoms with Gasteiger partial charge in [-0.3, -0.25) is 9.59 Å². The van der Waals surface area contributed by atoms with Crippen LogP contribution >= 0.6 is 15.9 Å². The fourth-order valence-electron chi connectivity index (χ4n) is 1.28. The average Bonchev–Trinajstić information content (AvgIpc) is 2.40. The topological polar surface area (TPSA) is 78.4 Å². The molecular weight excluding hydrogens is 357 g/mol. The van der Waals surface area contributed by atoms with Gasteiger partial charge in [0.05, 0.1) is 13.1 Å². The molecule has 1 atom stereocenters. The highest BCUT2D eigenvalue weighted by molar-refractivity contribution is 9.10. The molecule has 0 saturated heterocycles. The van der Waals surface area contributed by atoms with Crippen LogP contribution in [0.4, 0.5) is 13.2 Å². The van der Waals surface area contributed by atoms with Gasteiger partial charge < -0.3 is 15.7 Å². The maximum absolute atomic E-state index is 12.0. The van der Waals surface area contributed by atoms with Crippen LogP contribution in [-0.4, -0.2) is 42.3 Å². The number of hydrogen-bond acceptors (Lipinski definition) is 3. The number of hydrogen-bond donors (Lipinski definition) is 3. The van der Waals surface area contributed by atoms with Crippen molar-refractivity contribution in [2.45, 2.75) is 12.3 Å². The number of aliphatic hydroxyl groups is 1. The van der Waals surface area contributed by atoms with Crippen molar-refractivity contribution in [3.63, 3.8) is 0 Å². The van der Waals surface area contributed by atoms with E-state index >= 15 is 0 Å². The summed E-state index contributed by atoms with van der Waals surface area (Å²) in [5, 5.41) is 12.8. The van der Waals surface area contributed by atoms with E-state index in [0.717, 1.165) is 0 Å². The van der Waals surface area contributed by atoms with Gasteiger partial charge in [0.2, 0.25) is 5.91 Å². The Morgan fingerprint density at radius 1 is 1.29 bits per heavy atom. The quantitative estimate of drug-likeness (QED) is 0.731. The number of nitrogens with one attached hydrogen (secondary N) is 2. The first-order valence-electron chi connectivity index (χ1n) is 5.75. The molecule has 0 saturated carbocycles. The fourth-order valence-corrected chi connectivity index (χ4v) is 1.68. The van der Waals surface area contributed by atoms with Gasteiger partial charge in [-0.25, -0.2) is 0 Å². The van der Waals surface area contributed by atoms with E-state index in [1.54, 1.807) is 12.1 Å². The molecule has 0 fully saturated rings. The summed E-state index contributed by atoms with van der Waals surface area (Å²) < 4.78 is 36.7. The highest BCUT2D eigenvalue weighted by Crippen LogP contribution is 2.19. The standard InChI is InChI=1S/C12H12BrF3N2O3/c13-8-3-1-2-7(4-8)11(21)18-6-10(20)17-5-9(19)12(14,15)16/h1-4,9,19H,5-6H2,(H,17,20)(H,18,21). The number of rotatable bonds is 5. The number of aliphatic hydroxyl groups excluding tert-OH is 1. The van der Waals surface area contributed by atoms with E-state index in [-0.39, 0.29) is 0 Å². The van der Waals surface area contributed by atoms with Crippen molar-refractivity contribution in [3.05, 3.63) is 34.3 Å². The molecule has 0 bridgehead atoms. The Balaban J connectivity index is 2.38. The molecular formula is C12H12BrF3N2O3. The monoisotopic (exact) mass is 368 g/mol. The Bertz CT molecular complexity index is 523. The van der Waals surface area contributed by atoms with Crippen molar-refractivity contribution in [2.24, 2.45) is 0 Å². The third-order valence-corrected chi connectivity index (χ3v) is 2.86. The number of halogens is 4. The zero-order chi connectivity index (χ0) is 16.0. The predicted molar refractivity (Wildman–Crippen MR) is 71.5 cm³/mol. The molecule has 0 aromatic heterocycles. The van der Waals surface area contributed by atoms with Crippen molar-refractivity contribution in [2.75, 3.05) is 13.1 Å². The van der Waals surface area contributed by atoms with E-state index in [1.165, 1.54) is 12.1 Å². The summed E-state index contributed by atoms with van der Waals surface area (Å²) in [5.41, 5.74) is 0.299. The zero-order valence-electron chi connectivity index (χ0n) is 10.6. The number of benzene rings is 1. The van der Waals surface area contributed by atoms with E-state index in [2.05, 4.69) is 21.2 Å². The third kappa shape index (κ3) is 6.13. The molecule has 2 amide bonds. The minimum Gasteiger partial charge on any atom is -0.382 e. The summed E-state index contributed by atoms with van der Waals surface area (Å²) >= 11 is 3.18. The summed E-state index contributed by atoms with van der Waals surface area (Å²) in [6, 6.07) is 6.38. The maximum atomic E-state index is 12.0. The highest BCUT2D eigenvalue weighted by Gasteiger charge is 2.38. The second-order valence-electron chi connectivity index (χ2n) is 4.05. The Kier molecular flexibility index (Phi) is 6.16. The molecule has 3 N–H and O–H groups in total. The van der Waals surface area contributed by atoms with Gasteiger partial charge in [-0.15, -0.1) is 0 Å². The van der Waals surface area contributed by atoms with Crippen molar-refractivity contribution in [3.8, 4) is 0 Å². The molecule has 0 spiro atoms. The number of amides is 2. The first-order valence-corrected chi connectivity index (χ1v) is 6.54. The normalized spacial score (nSPS) is 12.6. The maximum Gasteiger partial charge on any atom is 0.416 e. The van der Waals surface area contributed by atoms with Gasteiger partial charge in [0, 0.05) is 10.0 Å². The fraction of sp³-hybridized carbons (Fsp3) is 0.333. The van der Waals surface area contributed by atoms with Crippen LogP contribution in [0.15, 0.2) is 28.7 Å². The molecule has 21 heavy (non-hydrogen) atoms. The molecule has 0 heterocycles. The van der Waals surface area contributed by atoms with Gasteiger partial charge in [0.25, 0.3) is 5.91 Å². The first-order chi connectivity index (χ1) is 9.70. The lowest BCUT2D eigenvalue weighted by atomic mass is 10.2. The molecule has 1 aromatic carbocycles. The van der Waals surface area contributed by atoms with Crippen LogP contribution < -0.4 is 10.6 Å². The summed E-state index contributed by atoms with van der Waals surface area (Å²) in [6.45, 7) is -1.45. The van der Waals surface area contributed by atoms with Crippen molar-refractivity contribution >= 4 is 27.7 Å². The number of carbonyl (C=O) groups is 2. The summed E-state index contributed by atoms with van der Waals surface area (Å²) in [4.78, 5) is 22.9. The lowest BCUT2D eigenvalue weighted by Gasteiger charge is -2.15. The molecule has 0 aliphatic rings. The van der Waals surface area contributed by atoms with Crippen LogP contribution in [0.25, 0.3) is 0 Å². The van der Waals surface area contributed by atoms with Crippen molar-refractivity contribution < 1.29 is 27.9 Å². The van der Waals surface area contributed by atoms with Crippen LogP contribution in [0.1, 0.15) is 10.4 Å². The van der Waals surface area contributed by atoms with E-state index < -0.39 is 37.2 Å². The lowest BCUT2D eigenvalue weighted by molar-refractivity contribution is -0.201. The SMILES string of the molecule is O=C(CNC(=O)c1cccc(Br)c1)NCC(O)C(F)(F)F. The Labute approximate surface area is 126 Å². The summed E-state index contributed by atoms with van der Waals surface area (Å²) in [6.07, 6.45) is -7.44. The number of alkyl halides is 3. The molecule has 116 valence electrons. The van der Waals surface area contributed by atoms with E-state index in [0.29, 0.717) is 10.0 Å². The molecule has 1 unspecified atom stereocenters. The molecule has 0 aliphatic heterocycles. The minimum atomic E-state index is -4.80. The molecule has 5 nitrogen and oxygen atoms in total. The van der Waals surface area contributed by atoms with Gasteiger partial charge >= 0.3 is 6.18 Å². The van der Waals surface area contributed by atoms with Gasteiger partial charge in [0.1, 0.15) is 0 Å². The molecule has 1 aromatic rings.